The molecule has 0 aliphatic heterocycles. The summed E-state index contributed by atoms with van der Waals surface area (Å²) in [5, 5.41) is 6.63. The Morgan fingerprint density at radius 3 is 1.10 bits per heavy atom. The molecular formula is C37H36PSiTi. The molecule has 0 spiro atoms. The largest absolute Gasteiger partial charge is 3.00 e. The van der Waals surface area contributed by atoms with E-state index in [4.69, 9.17) is 0 Å². The van der Waals surface area contributed by atoms with Crippen LogP contribution in [0.1, 0.15) is 11.1 Å². The Labute approximate surface area is 263 Å². The minimum absolute atomic E-state index is 0. The summed E-state index contributed by atoms with van der Waals surface area (Å²) >= 11 is 0. The fourth-order valence-electron chi connectivity index (χ4n) is 3.98. The van der Waals surface area contributed by atoms with Crippen molar-refractivity contribution in [3.8, 4) is 0 Å². The molecule has 197 valence electrons. The van der Waals surface area contributed by atoms with Gasteiger partial charge in [-0.05, 0) is 27.6 Å². The maximum absolute atomic E-state index is 4.10. The van der Waals surface area contributed by atoms with E-state index in [2.05, 4.69) is 101 Å². The second-order valence-electron chi connectivity index (χ2n) is 8.42. The van der Waals surface area contributed by atoms with E-state index in [1.807, 2.05) is 66.7 Å². The molecule has 6 aromatic carbocycles. The minimum atomic E-state index is 0. The van der Waals surface area contributed by atoms with Crippen LogP contribution in [0, 0.1) is 14.9 Å². The molecule has 0 nitrogen and oxygen atoms in total. The van der Waals surface area contributed by atoms with Crippen molar-refractivity contribution in [2.75, 3.05) is 0 Å². The molecule has 6 rings (SSSR count). The van der Waals surface area contributed by atoms with E-state index in [1.165, 1.54) is 26.8 Å². The Morgan fingerprint density at radius 2 is 0.775 bits per heavy atom. The Bertz CT molecular complexity index is 1460. The number of fused-ring (bicyclic) bond motifs is 3. The van der Waals surface area contributed by atoms with Crippen LogP contribution in [-0.4, -0.2) is 11.0 Å². The third-order valence-electron chi connectivity index (χ3n) is 5.93. The van der Waals surface area contributed by atoms with Gasteiger partial charge in [-0.15, -0.1) is 49.0 Å². The van der Waals surface area contributed by atoms with Gasteiger partial charge >= 0.3 is 21.7 Å². The third kappa shape index (κ3) is 10.1. The molecule has 6 aromatic rings. The zero-order valence-electron chi connectivity index (χ0n) is 23.3. The fourth-order valence-corrected chi connectivity index (χ4v) is 4.21. The van der Waals surface area contributed by atoms with Crippen LogP contribution in [0.3, 0.4) is 0 Å². The molecule has 0 aliphatic rings. The van der Waals surface area contributed by atoms with Gasteiger partial charge in [0.2, 0.25) is 0 Å². The molecule has 5 radical (unpaired) electrons. The molecular weight excluding hydrogens is 551 g/mol. The van der Waals surface area contributed by atoms with E-state index in [1.54, 1.807) is 0 Å². The quantitative estimate of drug-likeness (QED) is 0.0837. The van der Waals surface area contributed by atoms with Crippen molar-refractivity contribution < 1.29 is 21.7 Å². The van der Waals surface area contributed by atoms with Gasteiger partial charge in [0.05, 0.1) is 0 Å². The van der Waals surface area contributed by atoms with Crippen molar-refractivity contribution in [3.63, 3.8) is 0 Å². The summed E-state index contributed by atoms with van der Waals surface area (Å²) in [5.41, 5.74) is 4.20. The van der Waals surface area contributed by atoms with Crippen LogP contribution in [0.4, 0.5) is 0 Å². The summed E-state index contributed by atoms with van der Waals surface area (Å²) in [6, 6.07) is 49.7. The first-order chi connectivity index (χ1) is 17.6. The monoisotopic (exact) mass is 587 g/mol. The number of allylic oxidation sites excluding steroid dienone is 2. The van der Waals surface area contributed by atoms with Crippen molar-refractivity contribution in [1.29, 1.82) is 0 Å². The molecule has 1 atom stereocenters. The van der Waals surface area contributed by atoms with Gasteiger partial charge < -0.3 is 14.9 Å². The van der Waals surface area contributed by atoms with E-state index in [-0.39, 0.29) is 47.5 Å². The normalized spacial score (nSPS) is 9.03. The van der Waals surface area contributed by atoms with E-state index in [9.17, 15) is 0 Å². The SMILES string of the molecule is C=C(C(=C)c1ccccc1)c1ccccc1.Pc1ccccc1.[CH3-].[CH3-].[Si].[Ti+3].c1ccc2c(c1)[cH-]c1ccccc12. The number of rotatable bonds is 3. The molecule has 0 aliphatic carbocycles. The summed E-state index contributed by atoms with van der Waals surface area (Å²) in [5.74, 6) is 0. The molecule has 0 N–H and O–H groups in total. The summed E-state index contributed by atoms with van der Waals surface area (Å²) in [6.45, 7) is 8.20. The van der Waals surface area contributed by atoms with Crippen molar-refractivity contribution in [3.05, 3.63) is 185 Å². The molecule has 0 saturated heterocycles. The summed E-state index contributed by atoms with van der Waals surface area (Å²) < 4.78 is 0. The Hall–Kier alpha value is -3.19. The predicted octanol–water partition coefficient (Wildman–Crippen LogP) is 9.83. The summed E-state index contributed by atoms with van der Waals surface area (Å²) in [6.07, 6.45) is 0. The van der Waals surface area contributed by atoms with Gasteiger partial charge in [-0.3, -0.25) is 0 Å². The van der Waals surface area contributed by atoms with E-state index in [0.717, 1.165) is 22.3 Å². The Balaban J connectivity index is 0.000000576. The molecule has 0 aromatic heterocycles. The maximum atomic E-state index is 4.10. The molecule has 40 heavy (non-hydrogen) atoms. The number of hydrogen-bond acceptors (Lipinski definition) is 0. The van der Waals surface area contributed by atoms with Crippen LogP contribution in [0.25, 0.3) is 32.7 Å². The molecule has 3 heteroatoms. The van der Waals surface area contributed by atoms with Crippen LogP contribution in [0.2, 0.25) is 0 Å². The molecule has 0 bridgehead atoms. The van der Waals surface area contributed by atoms with Gasteiger partial charge in [-0.2, -0.15) is 0 Å². The zero-order chi connectivity index (χ0) is 25.2. The van der Waals surface area contributed by atoms with E-state index < -0.39 is 0 Å². The van der Waals surface area contributed by atoms with Gasteiger partial charge in [0, 0.05) is 11.0 Å². The zero-order valence-corrected chi connectivity index (χ0v) is 27.1. The molecule has 0 amide bonds. The Kier molecular flexibility index (Phi) is 17.5. The second-order valence-corrected chi connectivity index (χ2v) is 9.09. The second kappa shape index (κ2) is 19.0. The van der Waals surface area contributed by atoms with Crippen molar-refractivity contribution >= 4 is 58.2 Å². The topological polar surface area (TPSA) is 0 Å². The summed E-state index contributed by atoms with van der Waals surface area (Å²) in [7, 11) is 2.63. The number of hydrogen-bond donors (Lipinski definition) is 0. The molecule has 1 unspecified atom stereocenters. The number of benzene rings is 5. The van der Waals surface area contributed by atoms with Gasteiger partial charge in [-0.1, -0.05) is 141 Å². The smallest absolute Gasteiger partial charge is 0.358 e. The fraction of sp³-hybridized carbons (Fsp3) is 0. The predicted molar refractivity (Wildman–Crippen MR) is 182 cm³/mol. The Morgan fingerprint density at radius 1 is 0.475 bits per heavy atom. The summed E-state index contributed by atoms with van der Waals surface area (Å²) in [4.78, 5) is 0. The van der Waals surface area contributed by atoms with Gasteiger partial charge in [0.1, 0.15) is 0 Å². The van der Waals surface area contributed by atoms with Gasteiger partial charge in [0.15, 0.2) is 0 Å². The standard InChI is InChI=1S/C16H14.C13H9.C6H7P.2CH3.Si.Ti/c1-13(15-9-5-3-6-10-15)14(2)16-11-7-4-8-12-16;1-3-7-12-10(5-1)9-11-6-2-4-8-13(11)12;7-6-4-2-1-3-5-6;;;;/h3-12H,1-2H2;1-9H;1-5H,7H2;2*1H3;;/q;-1;;2*-1;;+3. The average molecular weight is 588 g/mol. The minimum Gasteiger partial charge on any atom is -0.358 e. The first-order valence-electron chi connectivity index (χ1n) is 12.0. The maximum Gasteiger partial charge on any atom is 3.00 e. The van der Waals surface area contributed by atoms with Crippen molar-refractivity contribution in [2.45, 2.75) is 0 Å². The van der Waals surface area contributed by atoms with Crippen LogP contribution < -0.4 is 5.30 Å². The molecule has 0 fully saturated rings. The van der Waals surface area contributed by atoms with Crippen LogP contribution in [-0.2, 0) is 21.7 Å². The van der Waals surface area contributed by atoms with Gasteiger partial charge in [0.25, 0.3) is 0 Å². The first-order valence-corrected chi connectivity index (χ1v) is 12.5. The third-order valence-corrected chi connectivity index (χ3v) is 6.32. The average Bonchev–Trinajstić information content (AvgIpc) is 3.33. The van der Waals surface area contributed by atoms with Gasteiger partial charge in [-0.25, -0.2) is 0 Å². The van der Waals surface area contributed by atoms with Crippen LogP contribution in [0.5, 0.6) is 0 Å². The van der Waals surface area contributed by atoms with Crippen LogP contribution in [0.15, 0.2) is 159 Å². The molecule has 0 saturated carbocycles. The van der Waals surface area contributed by atoms with E-state index in [0.29, 0.717) is 0 Å². The van der Waals surface area contributed by atoms with E-state index >= 15 is 0 Å². The van der Waals surface area contributed by atoms with Crippen molar-refractivity contribution in [1.82, 2.24) is 0 Å². The van der Waals surface area contributed by atoms with Crippen molar-refractivity contribution in [2.24, 2.45) is 0 Å². The van der Waals surface area contributed by atoms with Crippen LogP contribution >= 0.6 is 9.24 Å². The first kappa shape index (κ1) is 36.8. The molecule has 0 heterocycles.